The maximum Gasteiger partial charge on any atom is 0.328 e. The first-order valence-electron chi connectivity index (χ1n) is 10.2. The average molecular weight is 494 g/mol. The third-order valence-electron chi connectivity index (χ3n) is 4.41. The van der Waals surface area contributed by atoms with E-state index in [9.17, 15) is 29.4 Å². The summed E-state index contributed by atoms with van der Waals surface area (Å²) in [4.78, 5) is 52.3. The Balaban J connectivity index is 5.10. The first kappa shape index (κ1) is 30.4. The van der Waals surface area contributed by atoms with Gasteiger partial charge in [-0.25, -0.2) is 4.79 Å². The molecule has 0 saturated carbocycles. The molecule has 14 nitrogen and oxygen atoms in total. The fourth-order valence-corrected chi connectivity index (χ4v) is 3.01. The van der Waals surface area contributed by atoms with Gasteiger partial charge >= 0.3 is 5.97 Å². The Morgan fingerprint density at radius 2 is 1.58 bits per heavy atom. The van der Waals surface area contributed by atoms with Crippen LogP contribution in [0.2, 0.25) is 0 Å². The van der Waals surface area contributed by atoms with Crippen molar-refractivity contribution in [3.8, 4) is 0 Å². The van der Waals surface area contributed by atoms with Gasteiger partial charge in [0.2, 0.25) is 17.7 Å². The van der Waals surface area contributed by atoms with Crippen molar-refractivity contribution in [1.29, 1.82) is 0 Å². The number of thioether (sulfide) groups is 1. The van der Waals surface area contributed by atoms with Gasteiger partial charge in [-0.15, -0.1) is 0 Å². The zero-order valence-corrected chi connectivity index (χ0v) is 19.5. The molecule has 15 heteroatoms. The highest BCUT2D eigenvalue weighted by atomic mass is 32.2. The second-order valence-electron chi connectivity index (χ2n) is 7.21. The number of aliphatic hydroxyl groups is 2. The summed E-state index contributed by atoms with van der Waals surface area (Å²) in [6.45, 7) is 0.619. The normalized spacial score (nSPS) is 15.3. The van der Waals surface area contributed by atoms with E-state index in [0.717, 1.165) is 0 Å². The Morgan fingerprint density at radius 1 is 1.00 bits per heavy atom. The van der Waals surface area contributed by atoms with E-state index in [1.807, 2.05) is 5.32 Å². The number of carbonyl (C=O) groups is 4. The number of aliphatic hydroxyl groups excluding tert-OH is 2. The molecule has 0 spiro atoms. The van der Waals surface area contributed by atoms with Gasteiger partial charge < -0.3 is 48.5 Å². The minimum absolute atomic E-state index is 0.0765. The molecule has 5 atom stereocenters. The summed E-state index contributed by atoms with van der Waals surface area (Å²) < 4.78 is 0. The smallest absolute Gasteiger partial charge is 0.328 e. The first-order chi connectivity index (χ1) is 15.4. The van der Waals surface area contributed by atoms with Crippen molar-refractivity contribution in [3.63, 3.8) is 0 Å². The lowest BCUT2D eigenvalue weighted by atomic mass is 10.1. The van der Waals surface area contributed by atoms with Gasteiger partial charge in [-0.2, -0.15) is 11.8 Å². The number of nitrogens with one attached hydrogen (secondary N) is 3. The maximum atomic E-state index is 12.7. The van der Waals surface area contributed by atoms with Crippen LogP contribution in [0.4, 0.5) is 0 Å². The average Bonchev–Trinajstić information content (AvgIpc) is 2.74. The number of aliphatic carboxylic acids is 1. The van der Waals surface area contributed by atoms with Crippen LogP contribution in [-0.2, 0) is 19.2 Å². The highest BCUT2D eigenvalue weighted by Crippen LogP contribution is 2.04. The van der Waals surface area contributed by atoms with Crippen LogP contribution in [-0.4, -0.2) is 100 Å². The van der Waals surface area contributed by atoms with Gasteiger partial charge in [-0.1, -0.05) is 0 Å². The second-order valence-corrected chi connectivity index (χ2v) is 8.19. The standard InChI is InChI=1S/C18H35N7O7S/c1-9(27)13(17(31)32)25-16(30)12(8-26)24-15(29)11(5-7-33-2)23-14(28)10(19)4-3-6-22-18(20)21/h9-13,26-27H,3-8,19H2,1-2H3,(H,23,28)(H,24,29)(H,25,30)(H,31,32)(H4,20,21,22). The quantitative estimate of drug-likeness (QED) is 0.0569. The van der Waals surface area contributed by atoms with E-state index in [1.54, 1.807) is 6.26 Å². The minimum Gasteiger partial charge on any atom is -0.480 e. The van der Waals surface area contributed by atoms with Crippen LogP contribution in [0.1, 0.15) is 26.2 Å². The summed E-state index contributed by atoms with van der Waals surface area (Å²) in [6, 6.07) is -5.11. The van der Waals surface area contributed by atoms with Crippen molar-refractivity contribution in [2.45, 2.75) is 56.5 Å². The molecule has 0 aromatic heterocycles. The van der Waals surface area contributed by atoms with E-state index in [0.29, 0.717) is 12.2 Å². The maximum absolute atomic E-state index is 12.7. The van der Waals surface area contributed by atoms with Crippen LogP contribution in [0.5, 0.6) is 0 Å². The highest BCUT2D eigenvalue weighted by Gasteiger charge is 2.31. The van der Waals surface area contributed by atoms with Gasteiger partial charge in [0, 0.05) is 6.54 Å². The number of carboxylic acids is 1. The van der Waals surface area contributed by atoms with Crippen LogP contribution < -0.4 is 33.2 Å². The summed E-state index contributed by atoms with van der Waals surface area (Å²) in [7, 11) is 0. The lowest BCUT2D eigenvalue weighted by Gasteiger charge is -2.24. The zero-order valence-electron chi connectivity index (χ0n) is 18.7. The molecule has 0 aromatic carbocycles. The van der Waals surface area contributed by atoms with Crippen LogP contribution >= 0.6 is 11.8 Å². The number of carbonyl (C=O) groups excluding carboxylic acids is 3. The molecule has 5 unspecified atom stereocenters. The molecule has 0 radical (unpaired) electrons. The van der Waals surface area contributed by atoms with Crippen molar-refractivity contribution >= 4 is 41.4 Å². The number of amides is 3. The zero-order chi connectivity index (χ0) is 25.6. The molecule has 0 bridgehead atoms. The molecular weight excluding hydrogens is 458 g/mol. The molecule has 3 amide bonds. The van der Waals surface area contributed by atoms with E-state index >= 15 is 0 Å². The lowest BCUT2D eigenvalue weighted by Crippen LogP contribution is -2.59. The van der Waals surface area contributed by atoms with Gasteiger partial charge in [0.25, 0.3) is 0 Å². The van der Waals surface area contributed by atoms with Gasteiger partial charge in [0.15, 0.2) is 12.0 Å². The lowest BCUT2D eigenvalue weighted by molar-refractivity contribution is -0.145. The van der Waals surface area contributed by atoms with Crippen molar-refractivity contribution < 1.29 is 34.5 Å². The summed E-state index contributed by atoms with van der Waals surface area (Å²) in [5.41, 5.74) is 16.3. The van der Waals surface area contributed by atoms with Crippen molar-refractivity contribution in [1.82, 2.24) is 16.0 Å². The Morgan fingerprint density at radius 3 is 2.06 bits per heavy atom. The fourth-order valence-electron chi connectivity index (χ4n) is 2.54. The molecular formula is C18H35N7O7S. The molecule has 0 aromatic rings. The van der Waals surface area contributed by atoms with Gasteiger partial charge in [-0.3, -0.25) is 19.4 Å². The minimum atomic E-state index is -1.63. The number of nitrogens with zero attached hydrogens (tertiary/aromatic N) is 1. The molecule has 0 saturated heterocycles. The fraction of sp³-hybridized carbons (Fsp3) is 0.722. The topological polar surface area (TPSA) is 255 Å². The number of nitrogens with two attached hydrogens (primary N) is 3. The molecule has 0 fully saturated rings. The van der Waals surface area contributed by atoms with E-state index in [-0.39, 0.29) is 25.3 Å². The van der Waals surface area contributed by atoms with Gasteiger partial charge in [0.05, 0.1) is 18.8 Å². The van der Waals surface area contributed by atoms with Crippen LogP contribution in [0.15, 0.2) is 4.99 Å². The van der Waals surface area contributed by atoms with Crippen LogP contribution in [0.3, 0.4) is 0 Å². The third-order valence-corrected chi connectivity index (χ3v) is 5.05. The van der Waals surface area contributed by atoms with Crippen molar-refractivity contribution in [3.05, 3.63) is 0 Å². The van der Waals surface area contributed by atoms with Gasteiger partial charge in [-0.05, 0) is 38.2 Å². The monoisotopic (exact) mass is 493 g/mol. The van der Waals surface area contributed by atoms with E-state index < -0.39 is 60.6 Å². The molecule has 0 aliphatic carbocycles. The predicted octanol–water partition coefficient (Wildman–Crippen LogP) is -3.97. The molecule has 0 rings (SSSR count). The molecule has 0 heterocycles. The first-order valence-corrected chi connectivity index (χ1v) is 11.6. The van der Waals surface area contributed by atoms with E-state index in [2.05, 4.69) is 15.6 Å². The Bertz CT molecular complexity index is 689. The molecule has 0 aliphatic heterocycles. The number of hydrogen-bond acceptors (Lipinski definition) is 9. The SMILES string of the molecule is CSCCC(NC(=O)C(N)CCCN=C(N)N)C(=O)NC(CO)C(=O)NC(C(=O)O)C(C)O. The molecule has 12 N–H and O–H groups in total. The summed E-state index contributed by atoms with van der Waals surface area (Å²) in [5.74, 6) is -3.43. The third kappa shape index (κ3) is 12.3. The Hall–Kier alpha value is -2.62. The van der Waals surface area contributed by atoms with Crippen molar-refractivity contribution in [2.24, 2.45) is 22.2 Å². The predicted molar refractivity (Wildman–Crippen MR) is 123 cm³/mol. The Labute approximate surface area is 196 Å². The van der Waals surface area contributed by atoms with Crippen LogP contribution in [0.25, 0.3) is 0 Å². The number of carboxylic acid groups (broad SMARTS) is 1. The van der Waals surface area contributed by atoms with E-state index in [1.165, 1.54) is 18.7 Å². The van der Waals surface area contributed by atoms with Crippen molar-refractivity contribution in [2.75, 3.05) is 25.2 Å². The number of rotatable bonds is 16. The summed E-state index contributed by atoms with van der Waals surface area (Å²) >= 11 is 1.43. The number of aliphatic imine (C=N–C) groups is 1. The Kier molecular flexibility index (Phi) is 14.8. The summed E-state index contributed by atoms with van der Waals surface area (Å²) in [5, 5.41) is 34.9. The second kappa shape index (κ2) is 16.1. The highest BCUT2D eigenvalue weighted by molar-refractivity contribution is 7.98. The number of guanidine groups is 1. The molecule has 33 heavy (non-hydrogen) atoms. The number of hydrogen-bond donors (Lipinski definition) is 9. The molecule has 190 valence electrons. The molecule has 0 aliphatic rings. The van der Waals surface area contributed by atoms with Gasteiger partial charge in [0.1, 0.15) is 12.1 Å². The summed E-state index contributed by atoms with van der Waals surface area (Å²) in [6.07, 6.45) is 1.30. The van der Waals surface area contributed by atoms with E-state index in [4.69, 9.17) is 22.3 Å². The largest absolute Gasteiger partial charge is 0.480 e. The van der Waals surface area contributed by atoms with Crippen LogP contribution in [0, 0.1) is 0 Å².